The van der Waals surface area contributed by atoms with Crippen molar-refractivity contribution in [3.8, 4) is 0 Å². The molecule has 1 heterocycles. The zero-order valence-electron chi connectivity index (χ0n) is 10.8. The van der Waals surface area contributed by atoms with Gasteiger partial charge >= 0.3 is 0 Å². The molecule has 0 saturated carbocycles. The highest BCUT2D eigenvalue weighted by atomic mass is 19.1. The average molecular weight is 288 g/mol. The molecule has 2 aromatic rings. The monoisotopic (exact) mass is 288 g/mol. The van der Waals surface area contributed by atoms with Crippen LogP contribution < -0.4 is 10.2 Å². The van der Waals surface area contributed by atoms with Crippen molar-refractivity contribution in [3.05, 3.63) is 53.8 Å². The van der Waals surface area contributed by atoms with E-state index in [9.17, 15) is 18.4 Å². The number of para-hydroxylation sites is 2. The Hall–Kier alpha value is -2.76. The fraction of sp³-hybridized carbons (Fsp3) is 0.0667. The van der Waals surface area contributed by atoms with Crippen molar-refractivity contribution in [2.45, 2.75) is 0 Å². The van der Waals surface area contributed by atoms with Gasteiger partial charge in [0, 0.05) is 0 Å². The molecule has 6 heteroatoms. The van der Waals surface area contributed by atoms with Gasteiger partial charge in [0.25, 0.3) is 11.8 Å². The van der Waals surface area contributed by atoms with Crippen LogP contribution in [-0.2, 0) is 4.79 Å². The van der Waals surface area contributed by atoms with Gasteiger partial charge in [-0.15, -0.1) is 0 Å². The van der Waals surface area contributed by atoms with Crippen molar-refractivity contribution in [2.24, 2.45) is 0 Å². The molecule has 1 N–H and O–H groups in total. The summed E-state index contributed by atoms with van der Waals surface area (Å²) in [4.78, 5) is 25.2. The summed E-state index contributed by atoms with van der Waals surface area (Å²) < 4.78 is 26.3. The first kappa shape index (κ1) is 13.2. The molecular weight excluding hydrogens is 278 g/mol. The fourth-order valence-corrected chi connectivity index (χ4v) is 2.31. The number of fused-ring (bicyclic) bond motifs is 2. The van der Waals surface area contributed by atoms with Crippen LogP contribution in [0.25, 0.3) is 0 Å². The molecule has 106 valence electrons. The Kier molecular flexibility index (Phi) is 3.13. The van der Waals surface area contributed by atoms with Gasteiger partial charge in [0.1, 0.15) is 5.82 Å². The van der Waals surface area contributed by atoms with Crippen LogP contribution in [0.15, 0.2) is 42.5 Å². The fourth-order valence-electron chi connectivity index (χ4n) is 2.31. The molecule has 0 aliphatic carbocycles. The Bertz CT molecular complexity index is 746. The van der Waals surface area contributed by atoms with E-state index in [2.05, 4.69) is 5.32 Å². The van der Waals surface area contributed by atoms with Gasteiger partial charge in [-0.2, -0.15) is 0 Å². The Morgan fingerprint density at radius 3 is 2.67 bits per heavy atom. The highest BCUT2D eigenvalue weighted by molar-refractivity contribution is 6.17. The third kappa shape index (κ3) is 2.14. The number of hydrogen-bond acceptors (Lipinski definition) is 2. The first-order valence-electron chi connectivity index (χ1n) is 6.20. The van der Waals surface area contributed by atoms with Crippen molar-refractivity contribution in [2.75, 3.05) is 16.9 Å². The Balaban J connectivity index is 2.30. The summed E-state index contributed by atoms with van der Waals surface area (Å²) in [5.41, 5.74) is 0.842. The molecule has 2 amide bonds. The largest absolute Gasteiger partial charge is 0.320 e. The van der Waals surface area contributed by atoms with Crippen LogP contribution in [0, 0.1) is 5.82 Å². The maximum atomic E-state index is 13.4. The number of carbonyl (C=O) groups excluding carboxylic acids is 2. The summed E-state index contributed by atoms with van der Waals surface area (Å²) in [5, 5.41) is 2.59. The summed E-state index contributed by atoms with van der Waals surface area (Å²) in [6.45, 7) is -1.22. The minimum Gasteiger partial charge on any atom is -0.320 e. The molecule has 0 aromatic heterocycles. The van der Waals surface area contributed by atoms with Crippen molar-refractivity contribution in [1.82, 2.24) is 0 Å². The van der Waals surface area contributed by atoms with Crippen LogP contribution >= 0.6 is 0 Å². The van der Waals surface area contributed by atoms with Crippen LogP contribution in [0.4, 0.5) is 25.8 Å². The number of carbonyl (C=O) groups is 2. The van der Waals surface area contributed by atoms with E-state index >= 15 is 0 Å². The van der Waals surface area contributed by atoms with E-state index in [4.69, 9.17) is 0 Å². The molecule has 0 radical (unpaired) electrons. The van der Waals surface area contributed by atoms with E-state index < -0.39 is 24.3 Å². The van der Waals surface area contributed by atoms with Crippen LogP contribution in [0.1, 0.15) is 10.4 Å². The molecule has 0 spiro atoms. The SMILES string of the molecule is O=C1Nc2ccccc2N(C(=O)CF)c2ccc(F)cc21. The number of nitrogens with one attached hydrogen (secondary N) is 1. The third-order valence-corrected chi connectivity index (χ3v) is 3.20. The van der Waals surface area contributed by atoms with E-state index in [1.165, 1.54) is 6.07 Å². The zero-order chi connectivity index (χ0) is 15.0. The first-order chi connectivity index (χ1) is 10.1. The molecule has 2 aromatic carbocycles. The molecule has 1 aliphatic rings. The maximum Gasteiger partial charge on any atom is 0.263 e. The summed E-state index contributed by atoms with van der Waals surface area (Å²) >= 11 is 0. The minimum absolute atomic E-state index is 0.0204. The van der Waals surface area contributed by atoms with Gasteiger partial charge in [0.15, 0.2) is 6.67 Å². The quantitative estimate of drug-likeness (QED) is 0.877. The molecule has 4 nitrogen and oxygen atoms in total. The van der Waals surface area contributed by atoms with Crippen LogP contribution in [0.5, 0.6) is 0 Å². The molecule has 3 rings (SSSR count). The number of anilines is 3. The van der Waals surface area contributed by atoms with E-state index in [1.54, 1.807) is 24.3 Å². The lowest BCUT2D eigenvalue weighted by Gasteiger charge is -2.22. The third-order valence-electron chi connectivity index (χ3n) is 3.20. The highest BCUT2D eigenvalue weighted by Gasteiger charge is 2.29. The summed E-state index contributed by atoms with van der Waals surface area (Å²) in [6, 6.07) is 9.95. The molecule has 0 fully saturated rings. The summed E-state index contributed by atoms with van der Waals surface area (Å²) in [5.74, 6) is -1.99. The number of halogens is 2. The number of alkyl halides is 1. The van der Waals surface area contributed by atoms with E-state index in [0.29, 0.717) is 11.4 Å². The second-order valence-electron chi connectivity index (χ2n) is 4.50. The van der Waals surface area contributed by atoms with Crippen molar-refractivity contribution in [1.29, 1.82) is 0 Å². The molecule has 0 bridgehead atoms. The average Bonchev–Trinajstić information content (AvgIpc) is 2.61. The molecule has 0 unspecified atom stereocenters. The summed E-state index contributed by atoms with van der Waals surface area (Å²) in [7, 11) is 0. The highest BCUT2D eigenvalue weighted by Crippen LogP contribution is 2.37. The van der Waals surface area contributed by atoms with Crippen molar-refractivity contribution in [3.63, 3.8) is 0 Å². The number of hydrogen-bond donors (Lipinski definition) is 1. The van der Waals surface area contributed by atoms with Crippen LogP contribution in [0.2, 0.25) is 0 Å². The second kappa shape index (κ2) is 4.97. The molecule has 0 atom stereocenters. The minimum atomic E-state index is -1.22. The normalized spacial score (nSPS) is 13.0. The van der Waals surface area contributed by atoms with Crippen LogP contribution in [-0.4, -0.2) is 18.5 Å². The number of amides is 2. The van der Waals surface area contributed by atoms with Crippen molar-refractivity contribution < 1.29 is 18.4 Å². The molecular formula is C15H10F2N2O2. The van der Waals surface area contributed by atoms with E-state index in [1.807, 2.05) is 0 Å². The van der Waals surface area contributed by atoms with Gasteiger partial charge in [0.2, 0.25) is 0 Å². The van der Waals surface area contributed by atoms with Gasteiger partial charge in [-0.3, -0.25) is 14.5 Å². The topological polar surface area (TPSA) is 49.4 Å². The number of rotatable bonds is 1. The predicted molar refractivity (Wildman–Crippen MR) is 73.9 cm³/mol. The number of nitrogens with zero attached hydrogens (tertiary/aromatic N) is 1. The lowest BCUT2D eigenvalue weighted by atomic mass is 10.1. The Morgan fingerprint density at radius 1 is 1.14 bits per heavy atom. The van der Waals surface area contributed by atoms with Gasteiger partial charge in [-0.25, -0.2) is 8.78 Å². The van der Waals surface area contributed by atoms with Gasteiger partial charge in [0.05, 0.1) is 22.6 Å². The Morgan fingerprint density at radius 2 is 1.90 bits per heavy atom. The van der Waals surface area contributed by atoms with E-state index in [-0.39, 0.29) is 11.3 Å². The lowest BCUT2D eigenvalue weighted by Crippen LogP contribution is -2.27. The smallest absolute Gasteiger partial charge is 0.263 e. The van der Waals surface area contributed by atoms with Crippen molar-refractivity contribution >= 4 is 28.9 Å². The van der Waals surface area contributed by atoms with Crippen LogP contribution in [0.3, 0.4) is 0 Å². The van der Waals surface area contributed by atoms with Gasteiger partial charge in [-0.05, 0) is 30.3 Å². The zero-order valence-corrected chi connectivity index (χ0v) is 10.8. The predicted octanol–water partition coefficient (Wildman–Crippen LogP) is 3.03. The molecule has 0 saturated heterocycles. The molecule has 21 heavy (non-hydrogen) atoms. The standard InChI is InChI=1S/C15H10F2N2O2/c16-8-14(20)19-12-6-5-9(17)7-10(12)15(21)18-11-3-1-2-4-13(11)19/h1-7H,8H2,(H,18,21). The summed E-state index contributed by atoms with van der Waals surface area (Å²) in [6.07, 6.45) is 0. The van der Waals surface area contributed by atoms with E-state index in [0.717, 1.165) is 17.0 Å². The second-order valence-corrected chi connectivity index (χ2v) is 4.50. The first-order valence-corrected chi connectivity index (χ1v) is 6.20. The Labute approximate surface area is 119 Å². The van der Waals surface area contributed by atoms with Gasteiger partial charge in [-0.1, -0.05) is 12.1 Å². The lowest BCUT2D eigenvalue weighted by molar-refractivity contribution is -0.118. The molecule has 1 aliphatic heterocycles. The van der Waals surface area contributed by atoms with Gasteiger partial charge < -0.3 is 5.32 Å². The number of benzene rings is 2. The maximum absolute atomic E-state index is 13.4.